The van der Waals surface area contributed by atoms with Gasteiger partial charge in [-0.05, 0) is 24.2 Å². The van der Waals surface area contributed by atoms with Crippen LogP contribution in [0.1, 0.15) is 46.5 Å². The Morgan fingerprint density at radius 1 is 1.30 bits per heavy atom. The van der Waals surface area contributed by atoms with Crippen molar-refractivity contribution in [1.29, 1.82) is 0 Å². The zero-order chi connectivity index (χ0) is 7.56. The van der Waals surface area contributed by atoms with Gasteiger partial charge in [-0.3, -0.25) is 0 Å². The molecule has 0 aromatic heterocycles. The van der Waals surface area contributed by atoms with Crippen molar-refractivity contribution in [3.8, 4) is 0 Å². The van der Waals surface area contributed by atoms with E-state index < -0.39 is 0 Å². The Bertz CT molecular complexity index is 90.2. The largest absolute Gasteiger partial charge is 0.0651 e. The molecule has 10 heavy (non-hydrogen) atoms. The summed E-state index contributed by atoms with van der Waals surface area (Å²) in [4.78, 5) is 0. The zero-order valence-electron chi connectivity index (χ0n) is 7.56. The van der Waals surface area contributed by atoms with Crippen LogP contribution in [0.5, 0.6) is 0 Å². The molecule has 0 heterocycles. The standard InChI is InChI=1S/C10H20/c1-4-10(8(2)3)7-9-5-6-9/h8-10H,4-7H2,1-3H3/t10-/m0/s1. The van der Waals surface area contributed by atoms with Gasteiger partial charge in [0.25, 0.3) is 0 Å². The minimum atomic E-state index is 0.908. The summed E-state index contributed by atoms with van der Waals surface area (Å²) in [7, 11) is 0. The topological polar surface area (TPSA) is 0 Å². The number of hydrogen-bond acceptors (Lipinski definition) is 0. The molecule has 0 bridgehead atoms. The SMILES string of the molecule is CC[C@@H](CC1CC1)C(C)C. The molecule has 0 aromatic rings. The summed E-state index contributed by atoms with van der Waals surface area (Å²) in [5, 5.41) is 0. The van der Waals surface area contributed by atoms with E-state index in [0.29, 0.717) is 0 Å². The Hall–Kier alpha value is 0. The third-order valence-electron chi connectivity index (χ3n) is 2.80. The molecule has 1 saturated carbocycles. The fourth-order valence-electron chi connectivity index (χ4n) is 1.69. The van der Waals surface area contributed by atoms with Crippen LogP contribution < -0.4 is 0 Å². The molecule has 0 saturated heterocycles. The summed E-state index contributed by atoms with van der Waals surface area (Å²) in [5.41, 5.74) is 0. The van der Waals surface area contributed by atoms with Gasteiger partial charge in [-0.25, -0.2) is 0 Å². The van der Waals surface area contributed by atoms with Crippen LogP contribution in [0.4, 0.5) is 0 Å². The van der Waals surface area contributed by atoms with Crippen molar-refractivity contribution in [3.63, 3.8) is 0 Å². The maximum absolute atomic E-state index is 2.36. The van der Waals surface area contributed by atoms with Crippen molar-refractivity contribution in [2.75, 3.05) is 0 Å². The van der Waals surface area contributed by atoms with Gasteiger partial charge in [-0.1, -0.05) is 40.0 Å². The van der Waals surface area contributed by atoms with E-state index >= 15 is 0 Å². The molecule has 0 unspecified atom stereocenters. The third kappa shape index (κ3) is 2.32. The zero-order valence-corrected chi connectivity index (χ0v) is 7.56. The Kier molecular flexibility index (Phi) is 2.76. The van der Waals surface area contributed by atoms with Crippen LogP contribution in [0.15, 0.2) is 0 Å². The Morgan fingerprint density at radius 2 is 1.90 bits per heavy atom. The molecule has 0 heteroatoms. The van der Waals surface area contributed by atoms with Gasteiger partial charge in [0.05, 0.1) is 0 Å². The lowest BCUT2D eigenvalue weighted by molar-refractivity contribution is 0.332. The minimum absolute atomic E-state index is 0.908. The first-order valence-electron chi connectivity index (χ1n) is 4.74. The Balaban J connectivity index is 2.17. The molecule has 0 aromatic carbocycles. The van der Waals surface area contributed by atoms with Crippen LogP contribution >= 0.6 is 0 Å². The summed E-state index contributed by atoms with van der Waals surface area (Å²) in [5.74, 6) is 3.03. The molecule has 0 N–H and O–H groups in total. The second-order valence-electron chi connectivity index (χ2n) is 4.09. The first-order valence-corrected chi connectivity index (χ1v) is 4.74. The molecule has 0 spiro atoms. The van der Waals surface area contributed by atoms with Gasteiger partial charge in [0.1, 0.15) is 0 Å². The Morgan fingerprint density at radius 3 is 2.20 bits per heavy atom. The van der Waals surface area contributed by atoms with Gasteiger partial charge in [0.2, 0.25) is 0 Å². The maximum atomic E-state index is 2.36. The molecule has 1 rings (SSSR count). The molecule has 1 fully saturated rings. The maximum Gasteiger partial charge on any atom is -0.0391 e. The first kappa shape index (κ1) is 8.10. The minimum Gasteiger partial charge on any atom is -0.0651 e. The highest BCUT2D eigenvalue weighted by molar-refractivity contribution is 4.77. The molecule has 0 nitrogen and oxygen atoms in total. The van der Waals surface area contributed by atoms with Gasteiger partial charge in [0, 0.05) is 0 Å². The van der Waals surface area contributed by atoms with Gasteiger partial charge >= 0.3 is 0 Å². The summed E-state index contributed by atoms with van der Waals surface area (Å²) >= 11 is 0. The van der Waals surface area contributed by atoms with Gasteiger partial charge in [-0.15, -0.1) is 0 Å². The summed E-state index contributed by atoms with van der Waals surface area (Å²) in [6.45, 7) is 7.04. The highest BCUT2D eigenvalue weighted by atomic mass is 14.3. The highest BCUT2D eigenvalue weighted by Crippen LogP contribution is 2.38. The molecule has 1 atom stereocenters. The second kappa shape index (κ2) is 3.41. The lowest BCUT2D eigenvalue weighted by Crippen LogP contribution is -2.07. The van der Waals surface area contributed by atoms with E-state index in [1.165, 1.54) is 25.7 Å². The van der Waals surface area contributed by atoms with Crippen LogP contribution in [0.3, 0.4) is 0 Å². The lowest BCUT2D eigenvalue weighted by Gasteiger charge is -2.17. The molecular formula is C10H20. The van der Waals surface area contributed by atoms with Crippen molar-refractivity contribution in [3.05, 3.63) is 0 Å². The molecular weight excluding hydrogens is 120 g/mol. The van der Waals surface area contributed by atoms with Crippen molar-refractivity contribution in [1.82, 2.24) is 0 Å². The van der Waals surface area contributed by atoms with E-state index in [-0.39, 0.29) is 0 Å². The Labute approximate surface area is 65.0 Å². The summed E-state index contributed by atoms with van der Waals surface area (Å²) in [6, 6.07) is 0. The monoisotopic (exact) mass is 140 g/mol. The molecule has 0 amide bonds. The van der Waals surface area contributed by atoms with E-state index in [9.17, 15) is 0 Å². The van der Waals surface area contributed by atoms with E-state index in [2.05, 4.69) is 20.8 Å². The quantitative estimate of drug-likeness (QED) is 0.561. The number of hydrogen-bond donors (Lipinski definition) is 0. The van der Waals surface area contributed by atoms with Crippen molar-refractivity contribution >= 4 is 0 Å². The lowest BCUT2D eigenvalue weighted by atomic mass is 9.88. The van der Waals surface area contributed by atoms with Crippen molar-refractivity contribution in [2.45, 2.75) is 46.5 Å². The molecule has 1 aliphatic carbocycles. The first-order chi connectivity index (χ1) is 4.74. The average molecular weight is 140 g/mol. The normalized spacial score (nSPS) is 21.6. The van der Waals surface area contributed by atoms with Gasteiger partial charge in [-0.2, -0.15) is 0 Å². The van der Waals surface area contributed by atoms with Crippen molar-refractivity contribution < 1.29 is 0 Å². The van der Waals surface area contributed by atoms with Crippen LogP contribution in [0, 0.1) is 17.8 Å². The molecule has 60 valence electrons. The predicted octanol–water partition coefficient (Wildman–Crippen LogP) is 3.47. The van der Waals surface area contributed by atoms with Crippen LogP contribution in [-0.4, -0.2) is 0 Å². The molecule has 0 aliphatic heterocycles. The molecule has 0 radical (unpaired) electrons. The number of rotatable bonds is 4. The summed E-state index contributed by atoms with van der Waals surface area (Å²) < 4.78 is 0. The van der Waals surface area contributed by atoms with Gasteiger partial charge < -0.3 is 0 Å². The third-order valence-corrected chi connectivity index (χ3v) is 2.80. The van der Waals surface area contributed by atoms with E-state index in [0.717, 1.165) is 17.8 Å². The van der Waals surface area contributed by atoms with Crippen LogP contribution in [0.2, 0.25) is 0 Å². The smallest absolute Gasteiger partial charge is 0.0391 e. The highest BCUT2D eigenvalue weighted by Gasteiger charge is 2.25. The molecule has 1 aliphatic rings. The predicted molar refractivity (Wildman–Crippen MR) is 46.0 cm³/mol. The fraction of sp³-hybridized carbons (Fsp3) is 1.00. The average Bonchev–Trinajstić information content (AvgIpc) is 2.64. The fourth-order valence-corrected chi connectivity index (χ4v) is 1.69. The second-order valence-corrected chi connectivity index (χ2v) is 4.09. The summed E-state index contributed by atoms with van der Waals surface area (Å²) in [6.07, 6.45) is 5.93. The van der Waals surface area contributed by atoms with E-state index in [4.69, 9.17) is 0 Å². The van der Waals surface area contributed by atoms with Crippen LogP contribution in [-0.2, 0) is 0 Å². The van der Waals surface area contributed by atoms with E-state index in [1.54, 1.807) is 0 Å². The van der Waals surface area contributed by atoms with E-state index in [1.807, 2.05) is 0 Å². The van der Waals surface area contributed by atoms with Gasteiger partial charge in [0.15, 0.2) is 0 Å². The van der Waals surface area contributed by atoms with Crippen molar-refractivity contribution in [2.24, 2.45) is 17.8 Å². The van der Waals surface area contributed by atoms with Crippen LogP contribution in [0.25, 0.3) is 0 Å².